The molecule has 0 aliphatic carbocycles. The number of aryl methyl sites for hydroxylation is 1. The van der Waals surface area contributed by atoms with Gasteiger partial charge in [-0.3, -0.25) is 4.79 Å². The second-order valence-corrected chi connectivity index (χ2v) is 10.3. The van der Waals surface area contributed by atoms with E-state index in [2.05, 4.69) is 11.9 Å². The van der Waals surface area contributed by atoms with E-state index in [1.807, 2.05) is 28.8 Å². The number of nitrogens with zero attached hydrogens (tertiary/aromatic N) is 3. The number of hydrogen-bond donors (Lipinski definition) is 0. The van der Waals surface area contributed by atoms with Gasteiger partial charge in [-0.05, 0) is 42.8 Å². The Hall–Kier alpha value is -2.37. The molecule has 0 saturated heterocycles. The molecule has 1 amide bonds. The summed E-state index contributed by atoms with van der Waals surface area (Å²) in [7, 11) is -0.710. The molecule has 10 heteroatoms. The molecule has 0 spiro atoms. The van der Waals surface area contributed by atoms with Gasteiger partial charge in [-0.2, -0.15) is 9.30 Å². The lowest BCUT2D eigenvalue weighted by atomic mass is 10.2. The number of rotatable bonds is 11. The molecule has 0 atom stereocenters. The fraction of sp³-hybridized carbons (Fsp3) is 0.391. The Morgan fingerprint density at radius 1 is 1.03 bits per heavy atom. The largest absolute Gasteiger partial charge is 0.383 e. The number of hydrogen-bond acceptors (Lipinski definition) is 6. The van der Waals surface area contributed by atoms with Crippen LogP contribution in [0.25, 0.3) is 10.2 Å². The first-order chi connectivity index (χ1) is 15.9. The first-order valence-corrected chi connectivity index (χ1v) is 12.9. The lowest BCUT2D eigenvalue weighted by molar-refractivity contribution is 0.0997. The molecule has 8 nitrogen and oxygen atoms in total. The van der Waals surface area contributed by atoms with Crippen LogP contribution in [0.5, 0.6) is 0 Å². The Kier molecular flexibility index (Phi) is 8.93. The highest BCUT2D eigenvalue weighted by molar-refractivity contribution is 7.89. The molecule has 0 fully saturated rings. The van der Waals surface area contributed by atoms with E-state index in [9.17, 15) is 13.2 Å². The molecular formula is C23H29N3O5S2. The molecule has 0 unspecified atom stereocenters. The summed E-state index contributed by atoms with van der Waals surface area (Å²) >= 11 is 1.46. The number of para-hydroxylation sites is 1. The fourth-order valence-electron chi connectivity index (χ4n) is 3.35. The van der Waals surface area contributed by atoms with E-state index in [1.54, 1.807) is 0 Å². The lowest BCUT2D eigenvalue weighted by Gasteiger charge is -2.21. The molecular weight excluding hydrogens is 462 g/mol. The third-order valence-electron chi connectivity index (χ3n) is 5.06. The molecule has 0 saturated carbocycles. The molecule has 2 aromatic carbocycles. The molecule has 0 aliphatic heterocycles. The molecule has 3 rings (SSSR count). The van der Waals surface area contributed by atoms with Crippen LogP contribution in [-0.4, -0.2) is 63.7 Å². The lowest BCUT2D eigenvalue weighted by Crippen LogP contribution is -2.36. The summed E-state index contributed by atoms with van der Waals surface area (Å²) in [5.74, 6) is -0.411. The maximum atomic E-state index is 13.0. The topological polar surface area (TPSA) is 90.2 Å². The SMILES string of the molecule is CCCn1c(=NC(=O)c2ccc(S(=O)(=O)N(CCOC)CCOC)cc2)sc2ccccc21. The number of fused-ring (bicyclic) bond motifs is 1. The van der Waals surface area contributed by atoms with Crippen molar-refractivity contribution in [3.8, 4) is 0 Å². The van der Waals surface area contributed by atoms with Crippen molar-refractivity contribution < 1.29 is 22.7 Å². The van der Waals surface area contributed by atoms with Crippen molar-refractivity contribution >= 4 is 37.5 Å². The Bertz CT molecular complexity index is 1240. The predicted octanol–water partition coefficient (Wildman–Crippen LogP) is 3.14. The Labute approximate surface area is 198 Å². The van der Waals surface area contributed by atoms with Crippen LogP contribution in [-0.2, 0) is 26.0 Å². The van der Waals surface area contributed by atoms with Gasteiger partial charge >= 0.3 is 0 Å². The van der Waals surface area contributed by atoms with E-state index in [1.165, 1.54) is 54.1 Å². The normalized spacial score (nSPS) is 12.7. The Morgan fingerprint density at radius 2 is 1.67 bits per heavy atom. The van der Waals surface area contributed by atoms with E-state index < -0.39 is 15.9 Å². The van der Waals surface area contributed by atoms with Crippen LogP contribution >= 0.6 is 11.3 Å². The summed E-state index contributed by atoms with van der Waals surface area (Å²) in [5.41, 5.74) is 1.37. The minimum absolute atomic E-state index is 0.106. The smallest absolute Gasteiger partial charge is 0.279 e. The number of sulfonamides is 1. The number of ether oxygens (including phenoxy) is 2. The van der Waals surface area contributed by atoms with Gasteiger partial charge in [-0.1, -0.05) is 30.4 Å². The zero-order chi connectivity index (χ0) is 23.8. The van der Waals surface area contributed by atoms with Crippen LogP contribution in [0.15, 0.2) is 58.4 Å². The zero-order valence-electron chi connectivity index (χ0n) is 19.1. The highest BCUT2D eigenvalue weighted by atomic mass is 32.2. The molecule has 0 aliphatic rings. The van der Waals surface area contributed by atoms with Gasteiger partial charge in [0.1, 0.15) is 0 Å². The van der Waals surface area contributed by atoms with Gasteiger partial charge < -0.3 is 14.0 Å². The van der Waals surface area contributed by atoms with Gasteiger partial charge in [-0.25, -0.2) is 8.42 Å². The van der Waals surface area contributed by atoms with E-state index in [4.69, 9.17) is 9.47 Å². The highest BCUT2D eigenvalue weighted by Gasteiger charge is 2.24. The summed E-state index contributed by atoms with van der Waals surface area (Å²) in [6.45, 7) is 3.79. The van der Waals surface area contributed by atoms with Crippen molar-refractivity contribution in [3.05, 3.63) is 58.9 Å². The Balaban J connectivity index is 1.89. The number of carbonyl (C=O) groups is 1. The van der Waals surface area contributed by atoms with Crippen molar-refractivity contribution in [2.24, 2.45) is 4.99 Å². The maximum absolute atomic E-state index is 13.0. The zero-order valence-corrected chi connectivity index (χ0v) is 20.7. The van der Waals surface area contributed by atoms with Crippen LogP contribution in [0.2, 0.25) is 0 Å². The third-order valence-corrected chi connectivity index (χ3v) is 8.03. The number of methoxy groups -OCH3 is 2. The predicted molar refractivity (Wildman–Crippen MR) is 129 cm³/mol. The third kappa shape index (κ3) is 5.96. The minimum atomic E-state index is -3.75. The second-order valence-electron chi connectivity index (χ2n) is 7.34. The number of amides is 1. The van der Waals surface area contributed by atoms with Crippen LogP contribution < -0.4 is 4.80 Å². The van der Waals surface area contributed by atoms with Crippen molar-refractivity contribution in [2.45, 2.75) is 24.8 Å². The van der Waals surface area contributed by atoms with Crippen molar-refractivity contribution in [1.29, 1.82) is 0 Å². The van der Waals surface area contributed by atoms with Crippen LogP contribution in [0.3, 0.4) is 0 Å². The molecule has 1 aromatic heterocycles. The standard InChI is InChI=1S/C23H29N3O5S2/c1-4-13-26-20-7-5-6-8-21(20)32-23(26)24-22(27)18-9-11-19(12-10-18)33(28,29)25(14-16-30-2)15-17-31-3/h5-12H,4,13-17H2,1-3H3. The van der Waals surface area contributed by atoms with Gasteiger partial charge in [0.15, 0.2) is 4.80 Å². The molecule has 0 radical (unpaired) electrons. The van der Waals surface area contributed by atoms with Gasteiger partial charge in [-0.15, -0.1) is 0 Å². The molecule has 0 N–H and O–H groups in total. The Morgan fingerprint density at radius 3 is 2.27 bits per heavy atom. The molecule has 0 bridgehead atoms. The van der Waals surface area contributed by atoms with E-state index >= 15 is 0 Å². The van der Waals surface area contributed by atoms with Crippen molar-refractivity contribution in [1.82, 2.24) is 8.87 Å². The average molecular weight is 492 g/mol. The molecule has 178 valence electrons. The highest BCUT2D eigenvalue weighted by Crippen LogP contribution is 2.19. The number of benzene rings is 2. The maximum Gasteiger partial charge on any atom is 0.279 e. The molecule has 33 heavy (non-hydrogen) atoms. The van der Waals surface area contributed by atoms with E-state index in [0.29, 0.717) is 10.4 Å². The number of carbonyl (C=O) groups excluding carboxylic acids is 1. The quantitative estimate of drug-likeness (QED) is 0.411. The monoisotopic (exact) mass is 491 g/mol. The van der Waals surface area contributed by atoms with Crippen molar-refractivity contribution in [3.63, 3.8) is 0 Å². The minimum Gasteiger partial charge on any atom is -0.383 e. The van der Waals surface area contributed by atoms with Crippen molar-refractivity contribution in [2.75, 3.05) is 40.5 Å². The molecule has 3 aromatic rings. The van der Waals surface area contributed by atoms with Crippen LogP contribution in [0, 0.1) is 0 Å². The van der Waals surface area contributed by atoms with Gasteiger partial charge in [0, 0.05) is 39.4 Å². The summed E-state index contributed by atoms with van der Waals surface area (Å²) < 4.78 is 40.6. The van der Waals surface area contributed by atoms with E-state index in [0.717, 1.165) is 23.2 Å². The first kappa shape index (κ1) is 25.3. The summed E-state index contributed by atoms with van der Waals surface area (Å²) in [6, 6.07) is 13.8. The summed E-state index contributed by atoms with van der Waals surface area (Å²) in [6.07, 6.45) is 0.914. The molecule has 1 heterocycles. The second kappa shape index (κ2) is 11.7. The summed E-state index contributed by atoms with van der Waals surface area (Å²) in [5, 5.41) is 0. The van der Waals surface area contributed by atoms with Gasteiger partial charge in [0.25, 0.3) is 5.91 Å². The fourth-order valence-corrected chi connectivity index (χ4v) is 5.82. The summed E-state index contributed by atoms with van der Waals surface area (Å²) in [4.78, 5) is 17.9. The average Bonchev–Trinajstić information content (AvgIpc) is 3.16. The number of aromatic nitrogens is 1. The number of thiazole rings is 1. The van der Waals surface area contributed by atoms with Gasteiger partial charge in [0.05, 0.1) is 28.3 Å². The van der Waals surface area contributed by atoms with Gasteiger partial charge in [0.2, 0.25) is 10.0 Å². The van der Waals surface area contributed by atoms with Crippen LogP contribution in [0.1, 0.15) is 23.7 Å². The van der Waals surface area contributed by atoms with E-state index in [-0.39, 0.29) is 31.2 Å². The van der Waals surface area contributed by atoms with Crippen LogP contribution in [0.4, 0.5) is 0 Å². The first-order valence-electron chi connectivity index (χ1n) is 10.7.